The maximum atomic E-state index is 13.5. The number of carbonyl (C=O) groups excluding carboxylic acids is 1. The molecule has 0 amide bonds. The van der Waals surface area contributed by atoms with E-state index in [1.807, 2.05) is 30.3 Å². The van der Waals surface area contributed by atoms with Crippen molar-refractivity contribution in [2.45, 2.75) is 33.3 Å². The van der Waals surface area contributed by atoms with E-state index in [9.17, 15) is 13.6 Å². The fraction of sp³-hybridized carbons (Fsp3) is 0.294. The molecule has 0 aliphatic rings. The molecule has 0 fully saturated rings. The minimum absolute atomic E-state index is 0.0676. The third kappa shape index (κ3) is 3.67. The Hall–Kier alpha value is -2.30. The SMILES string of the molecule is CC(=O)c1cc(C(C)(F)F)c(C)nc1OCc1ccccc1. The molecule has 0 aliphatic carbocycles. The van der Waals surface area contributed by atoms with Crippen molar-refractivity contribution in [1.29, 1.82) is 0 Å². The van der Waals surface area contributed by atoms with E-state index in [4.69, 9.17) is 4.74 Å². The van der Waals surface area contributed by atoms with Crippen LogP contribution in [0.1, 0.15) is 41.0 Å². The van der Waals surface area contributed by atoms with Gasteiger partial charge in [-0.2, -0.15) is 0 Å². The second-order valence-corrected chi connectivity index (χ2v) is 5.19. The molecule has 116 valence electrons. The van der Waals surface area contributed by atoms with E-state index in [0.717, 1.165) is 12.5 Å². The predicted octanol–water partition coefficient (Wildman–Crippen LogP) is 4.28. The van der Waals surface area contributed by atoms with E-state index in [1.54, 1.807) is 0 Å². The molecule has 0 atom stereocenters. The topological polar surface area (TPSA) is 39.2 Å². The number of benzene rings is 1. The van der Waals surface area contributed by atoms with Gasteiger partial charge >= 0.3 is 0 Å². The first-order valence-corrected chi connectivity index (χ1v) is 6.86. The van der Waals surface area contributed by atoms with Gasteiger partial charge in [-0.1, -0.05) is 30.3 Å². The summed E-state index contributed by atoms with van der Waals surface area (Å²) in [6.07, 6.45) is 0. The van der Waals surface area contributed by atoms with Gasteiger partial charge in [0, 0.05) is 12.5 Å². The van der Waals surface area contributed by atoms with Crippen LogP contribution in [0.2, 0.25) is 0 Å². The summed E-state index contributed by atoms with van der Waals surface area (Å²) < 4.78 is 32.7. The molecule has 0 saturated heterocycles. The van der Waals surface area contributed by atoms with Crippen LogP contribution in [0.15, 0.2) is 36.4 Å². The first kappa shape index (κ1) is 16.1. The van der Waals surface area contributed by atoms with Gasteiger partial charge in [-0.15, -0.1) is 0 Å². The number of aromatic nitrogens is 1. The van der Waals surface area contributed by atoms with Gasteiger partial charge in [0.25, 0.3) is 5.92 Å². The number of nitrogens with zero attached hydrogens (tertiary/aromatic N) is 1. The number of ketones is 1. The van der Waals surface area contributed by atoms with Crippen LogP contribution in [0, 0.1) is 6.92 Å². The Morgan fingerprint density at radius 1 is 1.27 bits per heavy atom. The van der Waals surface area contributed by atoms with Crippen LogP contribution in [-0.4, -0.2) is 10.8 Å². The maximum Gasteiger partial charge on any atom is 0.272 e. The van der Waals surface area contributed by atoms with Gasteiger partial charge in [-0.3, -0.25) is 4.79 Å². The smallest absolute Gasteiger partial charge is 0.272 e. The fourth-order valence-electron chi connectivity index (χ4n) is 2.12. The minimum atomic E-state index is -3.06. The van der Waals surface area contributed by atoms with Crippen molar-refractivity contribution in [2.75, 3.05) is 0 Å². The summed E-state index contributed by atoms with van der Waals surface area (Å²) in [7, 11) is 0. The van der Waals surface area contributed by atoms with Crippen LogP contribution in [-0.2, 0) is 12.5 Å². The summed E-state index contributed by atoms with van der Waals surface area (Å²) in [5.74, 6) is -3.33. The molecule has 0 unspecified atom stereocenters. The molecule has 22 heavy (non-hydrogen) atoms. The van der Waals surface area contributed by atoms with E-state index >= 15 is 0 Å². The molecule has 0 aliphatic heterocycles. The number of alkyl halides is 2. The number of hydrogen-bond donors (Lipinski definition) is 0. The van der Waals surface area contributed by atoms with Crippen molar-refractivity contribution in [2.24, 2.45) is 0 Å². The zero-order valence-electron chi connectivity index (χ0n) is 12.7. The molecule has 0 radical (unpaired) electrons. The van der Waals surface area contributed by atoms with E-state index < -0.39 is 5.92 Å². The van der Waals surface area contributed by atoms with Crippen LogP contribution < -0.4 is 4.74 Å². The number of ether oxygens (including phenoxy) is 1. The normalized spacial score (nSPS) is 11.3. The summed E-state index contributed by atoms with van der Waals surface area (Å²) in [5.41, 5.74) is 0.865. The molecule has 1 heterocycles. The Kier molecular flexibility index (Phi) is 4.54. The van der Waals surface area contributed by atoms with Crippen molar-refractivity contribution < 1.29 is 18.3 Å². The highest BCUT2D eigenvalue weighted by Crippen LogP contribution is 2.32. The first-order valence-electron chi connectivity index (χ1n) is 6.86. The average Bonchev–Trinajstić information content (AvgIpc) is 2.44. The van der Waals surface area contributed by atoms with E-state index in [2.05, 4.69) is 4.98 Å². The largest absolute Gasteiger partial charge is 0.472 e. The van der Waals surface area contributed by atoms with Gasteiger partial charge in [-0.25, -0.2) is 13.8 Å². The van der Waals surface area contributed by atoms with Crippen molar-refractivity contribution in [3.8, 4) is 5.88 Å². The lowest BCUT2D eigenvalue weighted by molar-refractivity contribution is 0.0162. The minimum Gasteiger partial charge on any atom is -0.472 e. The molecule has 0 saturated carbocycles. The van der Waals surface area contributed by atoms with Crippen LogP contribution in [0.4, 0.5) is 8.78 Å². The van der Waals surface area contributed by atoms with E-state index in [0.29, 0.717) is 0 Å². The van der Waals surface area contributed by atoms with Crippen molar-refractivity contribution >= 4 is 5.78 Å². The van der Waals surface area contributed by atoms with Crippen molar-refractivity contribution in [3.05, 3.63) is 58.8 Å². The molecule has 2 rings (SSSR count). The Balaban J connectivity index is 2.34. The molecule has 1 aromatic heterocycles. The highest BCUT2D eigenvalue weighted by atomic mass is 19.3. The highest BCUT2D eigenvalue weighted by Gasteiger charge is 2.29. The quantitative estimate of drug-likeness (QED) is 0.774. The number of rotatable bonds is 5. The molecular formula is C17H17F2NO2. The number of pyridine rings is 1. The number of aryl methyl sites for hydroxylation is 1. The van der Waals surface area contributed by atoms with Crippen molar-refractivity contribution in [1.82, 2.24) is 4.98 Å². The second kappa shape index (κ2) is 6.22. The Bertz CT molecular complexity index is 679. The lowest BCUT2D eigenvalue weighted by Crippen LogP contribution is -2.14. The Morgan fingerprint density at radius 3 is 2.45 bits per heavy atom. The zero-order chi connectivity index (χ0) is 16.3. The van der Waals surface area contributed by atoms with Gasteiger partial charge in [0.05, 0.1) is 11.3 Å². The van der Waals surface area contributed by atoms with Gasteiger partial charge in [-0.05, 0) is 25.5 Å². The summed E-state index contributed by atoms with van der Waals surface area (Å²) in [4.78, 5) is 15.8. The highest BCUT2D eigenvalue weighted by molar-refractivity contribution is 5.96. The molecule has 0 spiro atoms. The summed E-state index contributed by atoms with van der Waals surface area (Å²) in [5, 5.41) is 0. The van der Waals surface area contributed by atoms with Crippen LogP contribution >= 0.6 is 0 Å². The lowest BCUT2D eigenvalue weighted by atomic mass is 10.0. The van der Waals surface area contributed by atoms with Gasteiger partial charge in [0.2, 0.25) is 5.88 Å². The van der Waals surface area contributed by atoms with Gasteiger partial charge in [0.15, 0.2) is 5.78 Å². The maximum absolute atomic E-state index is 13.5. The molecule has 2 aromatic rings. The molecular weight excluding hydrogens is 288 g/mol. The Morgan fingerprint density at radius 2 is 1.91 bits per heavy atom. The number of hydrogen-bond acceptors (Lipinski definition) is 3. The molecule has 5 heteroatoms. The van der Waals surface area contributed by atoms with Gasteiger partial charge in [0.1, 0.15) is 6.61 Å². The monoisotopic (exact) mass is 305 g/mol. The predicted molar refractivity (Wildman–Crippen MR) is 79.3 cm³/mol. The second-order valence-electron chi connectivity index (χ2n) is 5.19. The third-order valence-electron chi connectivity index (χ3n) is 3.25. The third-order valence-corrected chi connectivity index (χ3v) is 3.25. The van der Waals surface area contributed by atoms with E-state index in [1.165, 1.54) is 19.9 Å². The summed E-state index contributed by atoms with van der Waals surface area (Å²) >= 11 is 0. The van der Waals surface area contributed by atoms with Crippen LogP contribution in [0.3, 0.4) is 0 Å². The lowest BCUT2D eigenvalue weighted by Gasteiger charge is -2.17. The molecule has 1 aromatic carbocycles. The summed E-state index contributed by atoms with van der Waals surface area (Å²) in [6.45, 7) is 3.78. The van der Waals surface area contributed by atoms with Crippen LogP contribution in [0.5, 0.6) is 5.88 Å². The van der Waals surface area contributed by atoms with Gasteiger partial charge < -0.3 is 4.74 Å². The fourth-order valence-corrected chi connectivity index (χ4v) is 2.12. The average molecular weight is 305 g/mol. The molecule has 0 bridgehead atoms. The van der Waals surface area contributed by atoms with Crippen LogP contribution in [0.25, 0.3) is 0 Å². The molecule has 0 N–H and O–H groups in total. The van der Waals surface area contributed by atoms with Crippen molar-refractivity contribution in [3.63, 3.8) is 0 Å². The number of carbonyl (C=O) groups is 1. The molecule has 3 nitrogen and oxygen atoms in total. The zero-order valence-corrected chi connectivity index (χ0v) is 12.7. The standard InChI is InChI=1S/C17H17F2NO2/c1-11-15(17(3,18)19)9-14(12(2)21)16(20-11)22-10-13-7-5-4-6-8-13/h4-9H,10H2,1-3H3. The summed E-state index contributed by atoms with van der Waals surface area (Å²) in [6, 6.07) is 10.5. The van der Waals surface area contributed by atoms with E-state index in [-0.39, 0.29) is 35.1 Å². The Labute approximate surface area is 128 Å². The number of halogens is 2. The number of Topliss-reactive ketones (excluding diaryl/α,β-unsaturated/α-hetero) is 1. The first-order chi connectivity index (χ1) is 10.3.